The standard InChI is InChI=1S/C16H15F2N3O4S/c17-12-5-3-10(8-13(12)18)20-26(24,25)11-4-6-15(19-9-11)21-7-1-2-14(21)16(22)23/h3-6,8-9,14,20H,1-2,7H2,(H,22,23)/t14-/m0/s1. The van der Waals surface area contributed by atoms with Crippen LogP contribution in [-0.2, 0) is 14.8 Å². The summed E-state index contributed by atoms with van der Waals surface area (Å²) in [6, 6.07) is 4.65. The third-order valence-corrected chi connectivity index (χ3v) is 5.40. The number of carboxylic acid groups (broad SMARTS) is 1. The number of nitrogens with zero attached hydrogens (tertiary/aromatic N) is 2. The minimum absolute atomic E-state index is 0.126. The van der Waals surface area contributed by atoms with Crippen molar-refractivity contribution in [1.82, 2.24) is 4.98 Å². The Morgan fingerprint density at radius 1 is 1.23 bits per heavy atom. The lowest BCUT2D eigenvalue weighted by atomic mass is 10.2. The number of carboxylic acids is 1. The van der Waals surface area contributed by atoms with Crippen LogP contribution in [0.4, 0.5) is 20.3 Å². The number of hydrogen-bond acceptors (Lipinski definition) is 5. The summed E-state index contributed by atoms with van der Waals surface area (Å²) < 4.78 is 52.9. The highest BCUT2D eigenvalue weighted by Gasteiger charge is 2.31. The van der Waals surface area contributed by atoms with Gasteiger partial charge in [0.15, 0.2) is 11.6 Å². The Hall–Kier alpha value is -2.75. The van der Waals surface area contributed by atoms with E-state index in [1.165, 1.54) is 12.1 Å². The molecule has 138 valence electrons. The van der Waals surface area contributed by atoms with Gasteiger partial charge in [0.25, 0.3) is 10.0 Å². The third-order valence-electron chi connectivity index (χ3n) is 4.03. The van der Waals surface area contributed by atoms with Crippen LogP contribution in [0.15, 0.2) is 41.4 Å². The molecule has 0 saturated carbocycles. The highest BCUT2D eigenvalue weighted by molar-refractivity contribution is 7.92. The maximum absolute atomic E-state index is 13.2. The zero-order valence-electron chi connectivity index (χ0n) is 13.4. The van der Waals surface area contributed by atoms with Gasteiger partial charge in [-0.15, -0.1) is 0 Å². The van der Waals surface area contributed by atoms with Gasteiger partial charge in [0.05, 0.1) is 5.69 Å². The fraction of sp³-hybridized carbons (Fsp3) is 0.250. The van der Waals surface area contributed by atoms with Crippen molar-refractivity contribution in [2.75, 3.05) is 16.2 Å². The highest BCUT2D eigenvalue weighted by Crippen LogP contribution is 2.25. The molecule has 3 rings (SSSR count). The van der Waals surface area contributed by atoms with Crippen LogP contribution in [0, 0.1) is 11.6 Å². The van der Waals surface area contributed by atoms with Crippen molar-refractivity contribution in [3.8, 4) is 0 Å². The summed E-state index contributed by atoms with van der Waals surface area (Å²) >= 11 is 0. The van der Waals surface area contributed by atoms with Crippen LogP contribution in [0.5, 0.6) is 0 Å². The normalized spacial score (nSPS) is 17.3. The summed E-state index contributed by atoms with van der Waals surface area (Å²) in [7, 11) is -4.05. The number of carbonyl (C=O) groups is 1. The van der Waals surface area contributed by atoms with Gasteiger partial charge in [-0.25, -0.2) is 27.0 Å². The lowest BCUT2D eigenvalue weighted by molar-refractivity contribution is -0.138. The van der Waals surface area contributed by atoms with Crippen molar-refractivity contribution in [3.63, 3.8) is 0 Å². The molecule has 1 aromatic carbocycles. The molecule has 1 aliphatic rings. The smallest absolute Gasteiger partial charge is 0.326 e. The van der Waals surface area contributed by atoms with E-state index in [2.05, 4.69) is 9.71 Å². The second kappa shape index (κ2) is 6.87. The van der Waals surface area contributed by atoms with Gasteiger partial charge >= 0.3 is 5.97 Å². The number of halogens is 2. The van der Waals surface area contributed by atoms with E-state index >= 15 is 0 Å². The minimum atomic E-state index is -4.05. The molecule has 0 bridgehead atoms. The van der Waals surface area contributed by atoms with Gasteiger partial charge in [-0.2, -0.15) is 0 Å². The molecule has 0 aliphatic carbocycles. The number of sulfonamides is 1. The van der Waals surface area contributed by atoms with Gasteiger partial charge in [-0.1, -0.05) is 0 Å². The lowest BCUT2D eigenvalue weighted by Gasteiger charge is -2.22. The maximum Gasteiger partial charge on any atom is 0.326 e. The molecule has 1 aliphatic heterocycles. The number of rotatable bonds is 5. The van der Waals surface area contributed by atoms with Gasteiger partial charge in [-0.3, -0.25) is 4.72 Å². The first-order valence-electron chi connectivity index (χ1n) is 7.71. The first kappa shape index (κ1) is 18.1. The topological polar surface area (TPSA) is 99.6 Å². The molecule has 0 amide bonds. The fourth-order valence-electron chi connectivity index (χ4n) is 2.77. The molecule has 1 atom stereocenters. The van der Waals surface area contributed by atoms with E-state index in [1.54, 1.807) is 4.90 Å². The van der Waals surface area contributed by atoms with Crippen molar-refractivity contribution in [3.05, 3.63) is 48.2 Å². The molecule has 0 radical (unpaired) electrons. The molecule has 1 aromatic heterocycles. The average Bonchev–Trinajstić information content (AvgIpc) is 3.08. The SMILES string of the molecule is O=C(O)[C@@H]1CCCN1c1ccc(S(=O)(=O)Nc2ccc(F)c(F)c2)cn1. The number of benzene rings is 1. The summed E-state index contributed by atoms with van der Waals surface area (Å²) in [5, 5.41) is 9.20. The largest absolute Gasteiger partial charge is 0.480 e. The van der Waals surface area contributed by atoms with Crippen LogP contribution >= 0.6 is 0 Å². The summed E-state index contributed by atoms with van der Waals surface area (Å²) in [5.74, 6) is -2.85. The number of aromatic nitrogens is 1. The predicted molar refractivity (Wildman–Crippen MR) is 89.4 cm³/mol. The van der Waals surface area contributed by atoms with Crippen LogP contribution in [0.3, 0.4) is 0 Å². The summed E-state index contributed by atoms with van der Waals surface area (Å²) in [6.07, 6.45) is 2.29. The van der Waals surface area contributed by atoms with E-state index < -0.39 is 33.7 Å². The second-order valence-corrected chi connectivity index (χ2v) is 7.46. The number of anilines is 2. The summed E-state index contributed by atoms with van der Waals surface area (Å²) in [5.41, 5.74) is -0.126. The Balaban J connectivity index is 1.80. The van der Waals surface area contributed by atoms with Crippen molar-refractivity contribution < 1.29 is 27.1 Å². The zero-order chi connectivity index (χ0) is 18.9. The second-order valence-electron chi connectivity index (χ2n) is 5.78. The Kier molecular flexibility index (Phi) is 4.77. The van der Waals surface area contributed by atoms with Gasteiger partial charge in [-0.05, 0) is 37.1 Å². The molecule has 0 spiro atoms. The molecule has 7 nitrogen and oxygen atoms in total. The molecule has 2 N–H and O–H groups in total. The first-order chi connectivity index (χ1) is 12.3. The Labute approximate surface area is 148 Å². The van der Waals surface area contributed by atoms with Crippen LogP contribution in [0.2, 0.25) is 0 Å². The van der Waals surface area contributed by atoms with E-state index in [9.17, 15) is 27.1 Å². The maximum atomic E-state index is 13.2. The van der Waals surface area contributed by atoms with E-state index in [1.807, 2.05) is 0 Å². The molecular weight excluding hydrogens is 368 g/mol. The minimum Gasteiger partial charge on any atom is -0.480 e. The quantitative estimate of drug-likeness (QED) is 0.821. The van der Waals surface area contributed by atoms with Crippen molar-refractivity contribution in [1.29, 1.82) is 0 Å². The van der Waals surface area contributed by atoms with Crippen LogP contribution in [0.1, 0.15) is 12.8 Å². The van der Waals surface area contributed by atoms with Gasteiger partial charge < -0.3 is 10.0 Å². The van der Waals surface area contributed by atoms with Crippen LogP contribution in [0.25, 0.3) is 0 Å². The van der Waals surface area contributed by atoms with E-state index in [0.29, 0.717) is 25.2 Å². The molecule has 26 heavy (non-hydrogen) atoms. The predicted octanol–water partition coefficient (Wildman–Crippen LogP) is 2.21. The van der Waals surface area contributed by atoms with E-state index in [4.69, 9.17) is 0 Å². The van der Waals surface area contributed by atoms with Gasteiger partial charge in [0.1, 0.15) is 16.8 Å². The first-order valence-corrected chi connectivity index (χ1v) is 9.19. The molecular formula is C16H15F2N3O4S. The van der Waals surface area contributed by atoms with Crippen LogP contribution in [-0.4, -0.2) is 37.1 Å². The lowest BCUT2D eigenvalue weighted by Crippen LogP contribution is -2.36. The van der Waals surface area contributed by atoms with Crippen molar-refractivity contribution >= 4 is 27.5 Å². The Morgan fingerprint density at radius 2 is 2.00 bits per heavy atom. The Morgan fingerprint density at radius 3 is 2.62 bits per heavy atom. The molecule has 2 heterocycles. The average molecular weight is 383 g/mol. The molecule has 0 unspecified atom stereocenters. The number of aliphatic carboxylic acids is 1. The molecule has 2 aromatic rings. The van der Waals surface area contributed by atoms with Crippen molar-refractivity contribution in [2.24, 2.45) is 0 Å². The van der Waals surface area contributed by atoms with E-state index in [-0.39, 0.29) is 10.6 Å². The van der Waals surface area contributed by atoms with Gasteiger partial charge in [0, 0.05) is 18.8 Å². The monoisotopic (exact) mass is 383 g/mol. The fourth-order valence-corrected chi connectivity index (χ4v) is 3.77. The summed E-state index contributed by atoms with van der Waals surface area (Å²) in [4.78, 5) is 16.7. The van der Waals surface area contributed by atoms with Gasteiger partial charge in [0.2, 0.25) is 0 Å². The summed E-state index contributed by atoms with van der Waals surface area (Å²) in [6.45, 7) is 0.517. The number of nitrogens with one attached hydrogen (secondary N) is 1. The van der Waals surface area contributed by atoms with Crippen molar-refractivity contribution in [2.45, 2.75) is 23.8 Å². The molecule has 10 heteroatoms. The third kappa shape index (κ3) is 3.59. The van der Waals surface area contributed by atoms with Crippen LogP contribution < -0.4 is 9.62 Å². The number of pyridine rings is 1. The zero-order valence-corrected chi connectivity index (χ0v) is 14.2. The molecule has 1 saturated heterocycles. The highest BCUT2D eigenvalue weighted by atomic mass is 32.2. The van der Waals surface area contributed by atoms with E-state index in [0.717, 1.165) is 24.4 Å². The molecule has 1 fully saturated rings. The Bertz CT molecular complexity index is 935. The number of hydrogen-bond donors (Lipinski definition) is 2.